The van der Waals surface area contributed by atoms with Crippen LogP contribution in [0.3, 0.4) is 0 Å². The summed E-state index contributed by atoms with van der Waals surface area (Å²) < 4.78 is 5.26. The average Bonchev–Trinajstić information content (AvgIpc) is 3.27. The van der Waals surface area contributed by atoms with Crippen molar-refractivity contribution in [1.82, 2.24) is 10.2 Å². The Bertz CT molecular complexity index is 1140. The Kier molecular flexibility index (Phi) is 7.31. The smallest absolute Gasteiger partial charge is 0.225 e. The van der Waals surface area contributed by atoms with E-state index in [4.69, 9.17) is 4.74 Å². The Morgan fingerprint density at radius 2 is 1.74 bits per heavy atom. The second kappa shape index (κ2) is 10.6. The molecule has 1 aliphatic rings. The van der Waals surface area contributed by atoms with Crippen molar-refractivity contribution in [3.63, 3.8) is 0 Å². The van der Waals surface area contributed by atoms with Gasteiger partial charge in [0.1, 0.15) is 5.75 Å². The lowest BCUT2D eigenvalue weighted by Gasteiger charge is -2.32. The summed E-state index contributed by atoms with van der Waals surface area (Å²) in [5.41, 5.74) is 5.71. The zero-order chi connectivity index (χ0) is 24.1. The van der Waals surface area contributed by atoms with E-state index in [1.807, 2.05) is 35.2 Å². The summed E-state index contributed by atoms with van der Waals surface area (Å²) >= 11 is 0. The molecule has 5 nitrogen and oxygen atoms in total. The lowest BCUT2D eigenvalue weighted by Crippen LogP contribution is -2.37. The summed E-state index contributed by atoms with van der Waals surface area (Å²) in [5.74, 6) is 0.599. The molecule has 0 heterocycles. The van der Waals surface area contributed by atoms with Crippen molar-refractivity contribution in [1.29, 1.82) is 0 Å². The number of amides is 2. The standard InChI is InChI=1S/C29H32N2O3/c1-20-8-10-22(11-9-20)19-31(28-17-14-23-6-4-5-7-26(23)28)29(33)18-27(30-21(2)32)24-12-15-25(34-3)16-13-24/h4-13,15-16,27-28H,14,17-19H2,1-3H3,(H,30,32). The predicted molar refractivity (Wildman–Crippen MR) is 133 cm³/mol. The van der Waals surface area contributed by atoms with Crippen LogP contribution < -0.4 is 10.1 Å². The van der Waals surface area contributed by atoms with Crippen molar-refractivity contribution in [3.05, 3.63) is 101 Å². The Morgan fingerprint density at radius 3 is 2.41 bits per heavy atom. The van der Waals surface area contributed by atoms with Crippen LogP contribution in [0.4, 0.5) is 0 Å². The summed E-state index contributed by atoms with van der Waals surface area (Å²) in [6.07, 6.45) is 2.06. The van der Waals surface area contributed by atoms with E-state index in [0.29, 0.717) is 6.54 Å². The monoisotopic (exact) mass is 456 g/mol. The highest BCUT2D eigenvalue weighted by molar-refractivity contribution is 5.80. The minimum absolute atomic E-state index is 0.0249. The van der Waals surface area contributed by atoms with Crippen LogP contribution in [0.1, 0.15) is 59.7 Å². The van der Waals surface area contributed by atoms with Gasteiger partial charge in [-0.05, 0) is 54.2 Å². The molecule has 34 heavy (non-hydrogen) atoms. The fourth-order valence-electron chi connectivity index (χ4n) is 4.75. The predicted octanol–water partition coefficient (Wildman–Crippen LogP) is 5.29. The number of hydrogen-bond donors (Lipinski definition) is 1. The first kappa shape index (κ1) is 23.6. The third kappa shape index (κ3) is 5.48. The third-order valence-electron chi connectivity index (χ3n) is 6.55. The minimum Gasteiger partial charge on any atom is -0.497 e. The molecular weight excluding hydrogens is 424 g/mol. The van der Waals surface area contributed by atoms with Crippen LogP contribution in [0, 0.1) is 6.92 Å². The molecular formula is C29H32N2O3. The number of methoxy groups -OCH3 is 1. The van der Waals surface area contributed by atoms with Gasteiger partial charge in [0.2, 0.25) is 11.8 Å². The first-order chi connectivity index (χ1) is 16.4. The van der Waals surface area contributed by atoms with Crippen molar-refractivity contribution in [3.8, 4) is 5.75 Å². The van der Waals surface area contributed by atoms with Crippen molar-refractivity contribution >= 4 is 11.8 Å². The van der Waals surface area contributed by atoms with E-state index < -0.39 is 6.04 Å². The maximum atomic E-state index is 13.8. The van der Waals surface area contributed by atoms with Gasteiger partial charge in [0.15, 0.2) is 0 Å². The molecule has 4 rings (SSSR count). The van der Waals surface area contributed by atoms with Gasteiger partial charge in [0.25, 0.3) is 0 Å². The average molecular weight is 457 g/mol. The zero-order valence-electron chi connectivity index (χ0n) is 20.1. The number of hydrogen-bond acceptors (Lipinski definition) is 3. The quantitative estimate of drug-likeness (QED) is 0.501. The van der Waals surface area contributed by atoms with E-state index >= 15 is 0 Å². The first-order valence-electron chi connectivity index (χ1n) is 11.8. The maximum Gasteiger partial charge on any atom is 0.225 e. The molecule has 1 aliphatic carbocycles. The van der Waals surface area contributed by atoms with Crippen LogP contribution in [-0.4, -0.2) is 23.8 Å². The van der Waals surface area contributed by atoms with E-state index in [2.05, 4.69) is 54.7 Å². The summed E-state index contributed by atoms with van der Waals surface area (Å²) in [6, 6.07) is 23.9. The molecule has 2 unspecified atom stereocenters. The Morgan fingerprint density at radius 1 is 1.03 bits per heavy atom. The van der Waals surface area contributed by atoms with E-state index in [-0.39, 0.29) is 24.3 Å². The Balaban J connectivity index is 1.62. The van der Waals surface area contributed by atoms with Crippen molar-refractivity contribution < 1.29 is 14.3 Å². The number of ether oxygens (including phenoxy) is 1. The Labute approximate surface area is 201 Å². The maximum absolute atomic E-state index is 13.8. The number of fused-ring (bicyclic) bond motifs is 1. The normalized spacial score (nSPS) is 15.3. The van der Waals surface area contributed by atoms with Crippen molar-refractivity contribution in [2.45, 2.75) is 51.7 Å². The second-order valence-electron chi connectivity index (χ2n) is 8.99. The van der Waals surface area contributed by atoms with E-state index in [0.717, 1.165) is 29.7 Å². The van der Waals surface area contributed by atoms with Gasteiger partial charge in [-0.2, -0.15) is 0 Å². The van der Waals surface area contributed by atoms with Crippen LogP contribution in [0.5, 0.6) is 5.75 Å². The molecule has 2 amide bonds. The fraction of sp³-hybridized carbons (Fsp3) is 0.310. The molecule has 3 aromatic carbocycles. The van der Waals surface area contributed by atoms with E-state index in [1.54, 1.807) is 7.11 Å². The fourth-order valence-corrected chi connectivity index (χ4v) is 4.75. The van der Waals surface area contributed by atoms with Crippen molar-refractivity contribution in [2.75, 3.05) is 7.11 Å². The molecule has 5 heteroatoms. The molecule has 0 saturated carbocycles. The first-order valence-corrected chi connectivity index (χ1v) is 11.8. The van der Waals surface area contributed by atoms with Crippen LogP contribution in [0.15, 0.2) is 72.8 Å². The molecule has 176 valence electrons. The van der Waals surface area contributed by atoms with E-state index in [1.165, 1.54) is 23.6 Å². The topological polar surface area (TPSA) is 58.6 Å². The van der Waals surface area contributed by atoms with Gasteiger partial charge in [-0.3, -0.25) is 9.59 Å². The van der Waals surface area contributed by atoms with Crippen molar-refractivity contribution in [2.24, 2.45) is 0 Å². The summed E-state index contributed by atoms with van der Waals surface area (Å²) in [4.78, 5) is 27.8. The molecule has 3 aromatic rings. The van der Waals surface area contributed by atoms with Gasteiger partial charge in [-0.25, -0.2) is 0 Å². The molecule has 1 N–H and O–H groups in total. The number of nitrogens with zero attached hydrogens (tertiary/aromatic N) is 1. The van der Waals surface area contributed by atoms with Gasteiger partial charge in [-0.15, -0.1) is 0 Å². The molecule has 0 bridgehead atoms. The number of carbonyl (C=O) groups is 2. The number of rotatable bonds is 8. The molecule has 0 radical (unpaired) electrons. The summed E-state index contributed by atoms with van der Waals surface area (Å²) in [7, 11) is 1.62. The highest BCUT2D eigenvalue weighted by Crippen LogP contribution is 2.37. The number of aryl methyl sites for hydroxylation is 2. The summed E-state index contributed by atoms with van der Waals surface area (Å²) in [5, 5.41) is 2.97. The SMILES string of the molecule is COc1ccc(C(CC(=O)N(Cc2ccc(C)cc2)C2CCc3ccccc32)NC(C)=O)cc1. The lowest BCUT2D eigenvalue weighted by atomic mass is 10.00. The highest BCUT2D eigenvalue weighted by atomic mass is 16.5. The summed E-state index contributed by atoms with van der Waals surface area (Å²) in [6.45, 7) is 4.08. The Hall–Kier alpha value is -3.60. The van der Waals surface area contributed by atoms with Gasteiger partial charge in [-0.1, -0.05) is 66.2 Å². The highest BCUT2D eigenvalue weighted by Gasteiger charge is 2.32. The lowest BCUT2D eigenvalue weighted by molar-refractivity contribution is -0.135. The van der Waals surface area contributed by atoms with E-state index in [9.17, 15) is 9.59 Å². The third-order valence-corrected chi connectivity index (χ3v) is 6.55. The molecule has 0 aromatic heterocycles. The van der Waals surface area contributed by atoms with Gasteiger partial charge < -0.3 is 15.0 Å². The number of nitrogens with one attached hydrogen (secondary N) is 1. The second-order valence-corrected chi connectivity index (χ2v) is 8.99. The molecule has 0 spiro atoms. The van der Waals surface area contributed by atoms with Gasteiger partial charge in [0, 0.05) is 13.5 Å². The zero-order valence-corrected chi connectivity index (χ0v) is 20.1. The number of benzene rings is 3. The molecule has 0 saturated heterocycles. The van der Waals surface area contributed by atoms with Crippen LogP contribution in [0.2, 0.25) is 0 Å². The van der Waals surface area contributed by atoms with Crippen LogP contribution in [-0.2, 0) is 22.6 Å². The molecule has 2 atom stereocenters. The largest absolute Gasteiger partial charge is 0.497 e. The van der Waals surface area contributed by atoms with Crippen LogP contribution in [0.25, 0.3) is 0 Å². The minimum atomic E-state index is -0.409. The molecule has 0 fully saturated rings. The van der Waals surface area contributed by atoms with Gasteiger partial charge in [0.05, 0.1) is 25.6 Å². The van der Waals surface area contributed by atoms with Crippen LogP contribution >= 0.6 is 0 Å². The number of carbonyl (C=O) groups excluding carboxylic acids is 2. The van der Waals surface area contributed by atoms with Gasteiger partial charge >= 0.3 is 0 Å². The molecule has 0 aliphatic heterocycles.